The molecule has 1 rings (SSSR count). The van der Waals surface area contributed by atoms with Gasteiger partial charge in [0.2, 0.25) is 0 Å². The number of unbranched alkanes of at least 4 members (excludes halogenated alkanes) is 15. The molecular formula is C39H74BrOP. The number of phenolic OH excluding ortho intramolecular Hbond substituents is 1. The molecular weight excluding hydrogens is 595 g/mol. The predicted molar refractivity (Wildman–Crippen MR) is 200 cm³/mol. The minimum atomic E-state index is -2.20. The van der Waals surface area contributed by atoms with Crippen molar-refractivity contribution in [1.29, 1.82) is 0 Å². The number of hydrogen-bond donors (Lipinski definition) is 1. The standard InChI is InChI=1S/C39H74BrOP/c1-10-13-16-19-22-25-28-42(40,29-26-23-20-17-14-11-2,30-27-24-21-18-15-12-3)33-34-31-35(38(4,5)6)37(41)36(32-34)39(7,8)9/h31-32,41H,10-30,33H2,1-9H3. The van der Waals surface area contributed by atoms with Crippen LogP contribution >= 0.6 is 20.8 Å². The van der Waals surface area contributed by atoms with Crippen LogP contribution in [-0.2, 0) is 17.0 Å². The molecule has 0 bridgehead atoms. The molecule has 0 fully saturated rings. The molecule has 0 aliphatic heterocycles. The van der Waals surface area contributed by atoms with Gasteiger partial charge in [-0.25, -0.2) is 0 Å². The molecule has 0 saturated carbocycles. The molecule has 1 aromatic carbocycles. The Hall–Kier alpha value is -0.0700. The second-order valence-electron chi connectivity index (χ2n) is 16.0. The second-order valence-corrected chi connectivity index (χ2v) is 27.3. The molecule has 0 amide bonds. The van der Waals surface area contributed by atoms with E-state index < -0.39 is 5.31 Å². The SMILES string of the molecule is CCCCCCCCP(Br)(CCCCCCCC)(CCCCCCCC)Cc1cc(C(C)(C)C)c(O)c(C(C)(C)C)c1. The van der Waals surface area contributed by atoms with Gasteiger partial charge >= 0.3 is 274 Å². The molecule has 0 unspecified atom stereocenters. The minimum absolute atomic E-state index is 0.0827. The first-order chi connectivity index (χ1) is 19.7. The third kappa shape index (κ3) is 14.8. The molecule has 1 N–H and O–H groups in total. The molecule has 0 spiro atoms. The van der Waals surface area contributed by atoms with Gasteiger partial charge in [-0.2, -0.15) is 0 Å². The van der Waals surface area contributed by atoms with E-state index in [0.29, 0.717) is 5.75 Å². The molecule has 42 heavy (non-hydrogen) atoms. The monoisotopic (exact) mass is 668 g/mol. The Balaban J connectivity index is 3.45. The van der Waals surface area contributed by atoms with Gasteiger partial charge in [-0.3, -0.25) is 0 Å². The first-order valence-electron chi connectivity index (χ1n) is 18.3. The zero-order valence-electron chi connectivity index (χ0n) is 30.0. The maximum atomic E-state index is 11.5. The summed E-state index contributed by atoms with van der Waals surface area (Å²) in [6.07, 6.45) is 30.1. The number of aromatic hydroxyl groups is 1. The van der Waals surface area contributed by atoms with Gasteiger partial charge in [-0.15, -0.1) is 0 Å². The number of phenols is 1. The third-order valence-electron chi connectivity index (χ3n) is 9.58. The Kier molecular flexibility index (Phi) is 18.5. The van der Waals surface area contributed by atoms with E-state index in [0.717, 1.165) is 11.1 Å². The molecule has 1 aromatic rings. The van der Waals surface area contributed by atoms with Gasteiger partial charge < -0.3 is 0 Å². The van der Waals surface area contributed by atoms with Crippen LogP contribution in [0.1, 0.15) is 195 Å². The number of benzene rings is 1. The Bertz CT molecular complexity index is 784. The van der Waals surface area contributed by atoms with Crippen molar-refractivity contribution in [2.75, 3.05) is 18.5 Å². The molecule has 0 saturated heterocycles. The summed E-state index contributed by atoms with van der Waals surface area (Å²) >= 11 is 4.82. The van der Waals surface area contributed by atoms with Crippen LogP contribution in [0.4, 0.5) is 0 Å². The van der Waals surface area contributed by atoms with Crippen molar-refractivity contribution >= 4 is 20.8 Å². The average Bonchev–Trinajstić information content (AvgIpc) is 2.90. The van der Waals surface area contributed by atoms with E-state index in [2.05, 4.69) is 74.4 Å². The number of halogens is 1. The van der Waals surface area contributed by atoms with E-state index >= 15 is 0 Å². The van der Waals surface area contributed by atoms with E-state index in [9.17, 15) is 5.11 Å². The van der Waals surface area contributed by atoms with Crippen molar-refractivity contribution in [3.05, 3.63) is 28.8 Å². The van der Waals surface area contributed by atoms with Crippen LogP contribution in [0.2, 0.25) is 0 Å². The van der Waals surface area contributed by atoms with E-state index in [1.54, 1.807) is 0 Å². The molecule has 248 valence electrons. The summed E-state index contributed by atoms with van der Waals surface area (Å²) in [5.74, 6) is 0.524. The van der Waals surface area contributed by atoms with Gasteiger partial charge in [-0.05, 0) is 0 Å². The number of hydrogen-bond acceptors (Lipinski definition) is 1. The first-order valence-corrected chi connectivity index (χ1v) is 23.3. The molecule has 0 atom stereocenters. The van der Waals surface area contributed by atoms with Crippen molar-refractivity contribution < 1.29 is 5.11 Å². The van der Waals surface area contributed by atoms with Crippen LogP contribution in [0.15, 0.2) is 12.1 Å². The van der Waals surface area contributed by atoms with Gasteiger partial charge in [0.25, 0.3) is 0 Å². The van der Waals surface area contributed by atoms with Gasteiger partial charge in [0.1, 0.15) is 0 Å². The molecule has 0 radical (unpaired) electrons. The molecule has 1 nitrogen and oxygen atoms in total. The van der Waals surface area contributed by atoms with Crippen LogP contribution in [-0.4, -0.2) is 23.6 Å². The summed E-state index contributed by atoms with van der Waals surface area (Å²) in [7, 11) is 0. The topological polar surface area (TPSA) is 20.2 Å². The quantitative estimate of drug-likeness (QED) is 0.0908. The van der Waals surface area contributed by atoms with Crippen LogP contribution in [0.25, 0.3) is 0 Å². The zero-order valence-corrected chi connectivity index (χ0v) is 32.5. The zero-order chi connectivity index (χ0) is 31.7. The normalized spacial score (nSPS) is 13.8. The van der Waals surface area contributed by atoms with Crippen molar-refractivity contribution in [3.8, 4) is 5.75 Å². The van der Waals surface area contributed by atoms with Crippen LogP contribution < -0.4 is 0 Å². The fourth-order valence-corrected chi connectivity index (χ4v) is 15.2. The fourth-order valence-electron chi connectivity index (χ4n) is 6.82. The van der Waals surface area contributed by atoms with Crippen LogP contribution in [0, 0.1) is 0 Å². The second kappa shape index (κ2) is 19.4. The summed E-state index contributed by atoms with van der Waals surface area (Å²) in [4.78, 5) is 0. The predicted octanol–water partition coefficient (Wildman–Crippen LogP) is 14.4. The van der Waals surface area contributed by atoms with E-state index in [4.69, 9.17) is 15.5 Å². The number of rotatable bonds is 23. The van der Waals surface area contributed by atoms with Crippen molar-refractivity contribution in [2.45, 2.75) is 195 Å². The first kappa shape index (κ1) is 40.0. The Morgan fingerprint density at radius 1 is 0.524 bits per heavy atom. The van der Waals surface area contributed by atoms with Gasteiger partial charge in [0, 0.05) is 0 Å². The fraction of sp³-hybridized carbons (Fsp3) is 0.846. The van der Waals surface area contributed by atoms with Crippen molar-refractivity contribution in [2.24, 2.45) is 0 Å². The summed E-state index contributed by atoms with van der Waals surface area (Å²) in [5, 5.41) is 9.28. The third-order valence-corrected chi connectivity index (χ3v) is 19.0. The van der Waals surface area contributed by atoms with Crippen LogP contribution in [0.5, 0.6) is 5.75 Å². The Morgan fingerprint density at radius 3 is 1.10 bits per heavy atom. The van der Waals surface area contributed by atoms with E-state index in [-0.39, 0.29) is 10.8 Å². The summed E-state index contributed by atoms with van der Waals surface area (Å²) < 4.78 is 0. The average molecular weight is 670 g/mol. The van der Waals surface area contributed by atoms with E-state index in [1.165, 1.54) is 146 Å². The Labute approximate surface area is 272 Å². The summed E-state index contributed by atoms with van der Waals surface area (Å²) in [6, 6.07) is 4.80. The van der Waals surface area contributed by atoms with Crippen LogP contribution in [0.3, 0.4) is 0 Å². The van der Waals surface area contributed by atoms with Gasteiger partial charge in [0.05, 0.1) is 0 Å². The van der Waals surface area contributed by atoms with Crippen molar-refractivity contribution in [3.63, 3.8) is 0 Å². The Morgan fingerprint density at radius 2 is 0.810 bits per heavy atom. The summed E-state index contributed by atoms with van der Waals surface area (Å²) in [5.41, 5.74) is 3.56. The van der Waals surface area contributed by atoms with Gasteiger partial charge in [-0.1, -0.05) is 0 Å². The molecule has 0 heterocycles. The summed E-state index contributed by atoms with van der Waals surface area (Å²) in [6.45, 7) is 20.5. The molecule has 0 aromatic heterocycles. The van der Waals surface area contributed by atoms with Gasteiger partial charge in [0.15, 0.2) is 0 Å². The molecule has 0 aliphatic carbocycles. The van der Waals surface area contributed by atoms with E-state index in [1.807, 2.05) is 0 Å². The van der Waals surface area contributed by atoms with Crippen molar-refractivity contribution in [1.82, 2.24) is 0 Å². The molecule has 0 aliphatic rings. The molecule has 3 heteroatoms. The maximum absolute atomic E-state index is 11.5.